The number of nitrogens with two attached hydrogens (primary N) is 1. The number of pyridine rings is 1. The molecule has 7 heteroatoms. The summed E-state index contributed by atoms with van der Waals surface area (Å²) in [5, 5.41) is 0. The van der Waals surface area contributed by atoms with E-state index < -0.39 is 10.0 Å². The van der Waals surface area contributed by atoms with Crippen LogP contribution in [0, 0.1) is 0 Å². The van der Waals surface area contributed by atoms with E-state index in [9.17, 15) is 8.42 Å². The fraction of sp³-hybridized carbons (Fsp3) is 0.182. The minimum atomic E-state index is -3.47. The number of sulfonamides is 1. The second-order valence-corrected chi connectivity index (χ2v) is 6.73. The van der Waals surface area contributed by atoms with Gasteiger partial charge in [0.2, 0.25) is 10.0 Å². The van der Waals surface area contributed by atoms with Gasteiger partial charge in [0.25, 0.3) is 0 Å². The van der Waals surface area contributed by atoms with Crippen molar-refractivity contribution in [1.82, 2.24) is 9.71 Å². The van der Waals surface area contributed by atoms with Crippen LogP contribution in [0.2, 0.25) is 0 Å². The molecule has 0 atom stereocenters. The number of nitrogens with zero attached hydrogens (tertiary/aromatic N) is 1. The van der Waals surface area contributed by atoms with E-state index in [0.717, 1.165) is 4.88 Å². The van der Waals surface area contributed by atoms with Crippen LogP contribution >= 0.6 is 11.3 Å². The summed E-state index contributed by atoms with van der Waals surface area (Å²) in [7, 11) is -3.47. The number of thiophene rings is 1. The predicted octanol–water partition coefficient (Wildman–Crippen LogP) is 1.08. The molecule has 0 unspecified atom stereocenters. The second-order valence-electron chi connectivity index (χ2n) is 3.57. The van der Waals surface area contributed by atoms with Gasteiger partial charge < -0.3 is 5.73 Å². The van der Waals surface area contributed by atoms with Gasteiger partial charge in [-0.05, 0) is 24.3 Å². The van der Waals surface area contributed by atoms with Gasteiger partial charge in [-0.1, -0.05) is 6.07 Å². The normalized spacial score (nSPS) is 11.6. The molecular formula is C11H13N3O2S2. The van der Waals surface area contributed by atoms with Crippen LogP contribution in [-0.4, -0.2) is 13.4 Å². The highest BCUT2D eigenvalue weighted by molar-refractivity contribution is 7.91. The first kappa shape index (κ1) is 13.2. The summed E-state index contributed by atoms with van der Waals surface area (Å²) < 4.78 is 26.7. The third-order valence-corrected chi connectivity index (χ3v) is 5.27. The smallest absolute Gasteiger partial charge is 0.250 e. The Hall–Kier alpha value is -1.28. The van der Waals surface area contributed by atoms with Crippen molar-refractivity contribution in [3.63, 3.8) is 0 Å². The first-order valence-electron chi connectivity index (χ1n) is 5.30. The SMILES string of the molecule is NCc1ccc(S(=O)(=O)NCc2ccccn2)s1. The number of hydrogen-bond donors (Lipinski definition) is 2. The Morgan fingerprint density at radius 2 is 2.11 bits per heavy atom. The Labute approximate surface area is 110 Å². The van der Waals surface area contributed by atoms with Gasteiger partial charge in [-0.25, -0.2) is 13.1 Å². The molecule has 5 nitrogen and oxygen atoms in total. The van der Waals surface area contributed by atoms with Crippen LogP contribution < -0.4 is 10.5 Å². The maximum Gasteiger partial charge on any atom is 0.250 e. The zero-order chi connectivity index (χ0) is 13.0. The van der Waals surface area contributed by atoms with Gasteiger partial charge in [0.1, 0.15) is 4.21 Å². The predicted molar refractivity (Wildman–Crippen MR) is 70.5 cm³/mol. The van der Waals surface area contributed by atoms with Crippen LogP contribution in [0.3, 0.4) is 0 Å². The Morgan fingerprint density at radius 3 is 2.72 bits per heavy atom. The molecule has 0 radical (unpaired) electrons. The maximum absolute atomic E-state index is 12.0. The van der Waals surface area contributed by atoms with Crippen LogP contribution in [0.5, 0.6) is 0 Å². The third kappa shape index (κ3) is 3.14. The molecule has 96 valence electrons. The van der Waals surface area contributed by atoms with Gasteiger partial charge in [0, 0.05) is 17.6 Å². The first-order valence-corrected chi connectivity index (χ1v) is 7.60. The lowest BCUT2D eigenvalue weighted by molar-refractivity contribution is 0.582. The van der Waals surface area contributed by atoms with Crippen molar-refractivity contribution in [2.75, 3.05) is 0 Å². The lowest BCUT2D eigenvalue weighted by Crippen LogP contribution is -2.22. The fourth-order valence-corrected chi connectivity index (χ4v) is 3.63. The van der Waals surface area contributed by atoms with E-state index in [-0.39, 0.29) is 10.8 Å². The lowest BCUT2D eigenvalue weighted by atomic mass is 10.4. The average molecular weight is 283 g/mol. The van der Waals surface area contributed by atoms with Gasteiger partial charge in [0.15, 0.2) is 0 Å². The first-order chi connectivity index (χ1) is 8.62. The van der Waals surface area contributed by atoms with E-state index in [1.54, 1.807) is 30.5 Å². The summed E-state index contributed by atoms with van der Waals surface area (Å²) in [6.07, 6.45) is 1.63. The molecule has 2 heterocycles. The number of nitrogens with one attached hydrogen (secondary N) is 1. The largest absolute Gasteiger partial charge is 0.326 e. The molecule has 0 aliphatic carbocycles. The molecule has 0 aliphatic heterocycles. The maximum atomic E-state index is 12.0. The lowest BCUT2D eigenvalue weighted by Gasteiger charge is -2.03. The summed E-state index contributed by atoms with van der Waals surface area (Å²) >= 11 is 1.18. The molecule has 2 aromatic rings. The quantitative estimate of drug-likeness (QED) is 0.860. The van der Waals surface area contributed by atoms with Gasteiger partial charge in [-0.3, -0.25) is 4.98 Å². The van der Waals surface area contributed by atoms with Gasteiger partial charge in [-0.2, -0.15) is 0 Å². The van der Waals surface area contributed by atoms with Gasteiger partial charge >= 0.3 is 0 Å². The number of aromatic nitrogens is 1. The Balaban J connectivity index is 2.08. The molecule has 3 N–H and O–H groups in total. The molecule has 0 amide bonds. The molecule has 0 bridgehead atoms. The Bertz CT molecular complexity index is 608. The molecular weight excluding hydrogens is 270 g/mol. The minimum absolute atomic E-state index is 0.180. The van der Waals surface area contributed by atoms with Crippen molar-refractivity contribution >= 4 is 21.4 Å². The monoisotopic (exact) mass is 283 g/mol. The number of rotatable bonds is 5. The second kappa shape index (κ2) is 5.57. The third-order valence-electron chi connectivity index (χ3n) is 2.27. The van der Waals surface area contributed by atoms with Crippen LogP contribution in [0.25, 0.3) is 0 Å². The molecule has 2 rings (SSSR count). The highest BCUT2D eigenvalue weighted by atomic mass is 32.2. The summed E-state index contributed by atoms with van der Waals surface area (Å²) in [4.78, 5) is 4.89. The van der Waals surface area contributed by atoms with Crippen molar-refractivity contribution in [1.29, 1.82) is 0 Å². The van der Waals surface area contributed by atoms with Crippen molar-refractivity contribution in [2.24, 2.45) is 5.73 Å². The molecule has 0 saturated heterocycles. The number of hydrogen-bond acceptors (Lipinski definition) is 5. The topological polar surface area (TPSA) is 85.1 Å². The van der Waals surface area contributed by atoms with Crippen molar-refractivity contribution in [2.45, 2.75) is 17.3 Å². The van der Waals surface area contributed by atoms with Crippen molar-refractivity contribution in [3.8, 4) is 0 Å². The van der Waals surface area contributed by atoms with E-state index >= 15 is 0 Å². The molecule has 0 spiro atoms. The van der Waals surface area contributed by atoms with E-state index in [4.69, 9.17) is 5.73 Å². The highest BCUT2D eigenvalue weighted by Crippen LogP contribution is 2.20. The molecule has 0 saturated carbocycles. The summed E-state index contributed by atoms with van der Waals surface area (Å²) in [6, 6.07) is 8.65. The summed E-state index contributed by atoms with van der Waals surface area (Å²) in [6.45, 7) is 0.527. The van der Waals surface area contributed by atoms with E-state index in [1.807, 2.05) is 6.07 Å². The van der Waals surface area contributed by atoms with E-state index in [1.165, 1.54) is 11.3 Å². The van der Waals surface area contributed by atoms with Crippen LogP contribution in [0.1, 0.15) is 10.6 Å². The fourth-order valence-electron chi connectivity index (χ4n) is 1.36. The molecule has 0 fully saturated rings. The molecule has 2 aromatic heterocycles. The van der Waals surface area contributed by atoms with Crippen molar-refractivity contribution < 1.29 is 8.42 Å². The Kier molecular flexibility index (Phi) is 4.07. The Morgan fingerprint density at radius 1 is 1.28 bits per heavy atom. The zero-order valence-corrected chi connectivity index (χ0v) is 11.2. The summed E-state index contributed by atoms with van der Waals surface area (Å²) in [5.41, 5.74) is 6.13. The van der Waals surface area contributed by atoms with Crippen LogP contribution in [0.15, 0.2) is 40.7 Å². The van der Waals surface area contributed by atoms with E-state index in [2.05, 4.69) is 9.71 Å². The molecule has 0 aliphatic rings. The molecule has 18 heavy (non-hydrogen) atoms. The highest BCUT2D eigenvalue weighted by Gasteiger charge is 2.16. The van der Waals surface area contributed by atoms with Gasteiger partial charge in [-0.15, -0.1) is 11.3 Å². The summed E-state index contributed by atoms with van der Waals surface area (Å²) in [5.74, 6) is 0. The zero-order valence-electron chi connectivity index (χ0n) is 9.54. The molecule has 0 aromatic carbocycles. The van der Waals surface area contributed by atoms with Crippen LogP contribution in [-0.2, 0) is 23.1 Å². The van der Waals surface area contributed by atoms with E-state index in [0.29, 0.717) is 12.2 Å². The standard InChI is InChI=1S/C11H13N3O2S2/c12-7-10-4-5-11(17-10)18(15,16)14-8-9-3-1-2-6-13-9/h1-6,14H,7-8,12H2. The van der Waals surface area contributed by atoms with Gasteiger partial charge in [0.05, 0.1) is 12.2 Å². The minimum Gasteiger partial charge on any atom is -0.326 e. The van der Waals surface area contributed by atoms with Crippen LogP contribution in [0.4, 0.5) is 0 Å². The van der Waals surface area contributed by atoms with Crippen molar-refractivity contribution in [3.05, 3.63) is 47.1 Å². The average Bonchev–Trinajstić information content (AvgIpc) is 2.87.